The second-order valence-corrected chi connectivity index (χ2v) is 9.17. The first-order valence-electron chi connectivity index (χ1n) is 12.4. The number of piperidine rings is 1. The number of likely N-dealkylation sites (tertiary alicyclic amines) is 1. The lowest BCUT2D eigenvalue weighted by molar-refractivity contribution is 0.184. The van der Waals surface area contributed by atoms with E-state index in [1.165, 1.54) is 30.5 Å². The van der Waals surface area contributed by atoms with Gasteiger partial charge in [0.2, 0.25) is 5.95 Å². The molecule has 1 fully saturated rings. The number of nitrogens with two attached hydrogens (primary N) is 1. The van der Waals surface area contributed by atoms with Crippen LogP contribution in [0.4, 0.5) is 10.3 Å². The number of halogens is 1. The van der Waals surface area contributed by atoms with Crippen LogP contribution in [-0.4, -0.2) is 44.1 Å². The van der Waals surface area contributed by atoms with E-state index in [1.807, 2.05) is 12.4 Å². The summed E-state index contributed by atoms with van der Waals surface area (Å²) in [4.78, 5) is 15.8. The Balaban J connectivity index is 1.27. The second-order valence-electron chi connectivity index (χ2n) is 9.17. The van der Waals surface area contributed by atoms with Crippen molar-refractivity contribution >= 4 is 5.95 Å². The normalized spacial score (nSPS) is 14.9. The summed E-state index contributed by atoms with van der Waals surface area (Å²) in [7, 11) is 0. The van der Waals surface area contributed by atoms with Gasteiger partial charge >= 0.3 is 0 Å². The number of imidazole rings is 1. The summed E-state index contributed by atoms with van der Waals surface area (Å²) >= 11 is 0. The summed E-state index contributed by atoms with van der Waals surface area (Å²) in [6.07, 6.45) is 9.23. The van der Waals surface area contributed by atoms with Gasteiger partial charge in [-0.25, -0.2) is 19.3 Å². The molecule has 0 bridgehead atoms. The molecule has 0 radical (unpaired) electrons. The number of aromatic nitrogens is 4. The summed E-state index contributed by atoms with van der Waals surface area (Å²) in [6.45, 7) is 3.26. The maximum atomic E-state index is 13.5. The number of nitrogen functional groups attached to an aromatic ring is 1. The lowest BCUT2D eigenvalue weighted by Crippen LogP contribution is -2.35. The molecule has 35 heavy (non-hydrogen) atoms. The predicted molar refractivity (Wildman–Crippen MR) is 137 cm³/mol. The smallest absolute Gasteiger partial charge is 0.220 e. The third-order valence-electron chi connectivity index (χ3n) is 6.81. The number of unbranched alkanes of at least 4 members (excludes halogenated alkanes) is 1. The molecule has 3 heterocycles. The molecule has 2 N–H and O–H groups in total. The standard InChI is InChI=1S/C28H31FN6/c29-23-11-9-22(10-12-23)26-27(25-13-16-31-28(30)33-25)35(20-32-26)24-14-18-34(19-15-24)17-5-4-8-21-6-2-1-3-7-21/h1-3,6-7,9-13,16,20,24H,4-5,8,14-15,17-19H2,(H2,30,31,33). The molecule has 1 saturated heterocycles. The third-order valence-corrected chi connectivity index (χ3v) is 6.81. The Morgan fingerprint density at radius 3 is 2.43 bits per heavy atom. The van der Waals surface area contributed by atoms with Crippen LogP contribution in [0.15, 0.2) is 73.2 Å². The van der Waals surface area contributed by atoms with Crippen LogP contribution < -0.4 is 5.73 Å². The number of anilines is 1. The van der Waals surface area contributed by atoms with E-state index in [4.69, 9.17) is 10.7 Å². The predicted octanol–water partition coefficient (Wildman–Crippen LogP) is 5.39. The quantitative estimate of drug-likeness (QED) is 0.350. The highest BCUT2D eigenvalue weighted by molar-refractivity contribution is 5.77. The van der Waals surface area contributed by atoms with E-state index in [-0.39, 0.29) is 11.8 Å². The van der Waals surface area contributed by atoms with E-state index in [0.717, 1.165) is 61.5 Å². The summed E-state index contributed by atoms with van der Waals surface area (Å²) < 4.78 is 15.8. The average Bonchev–Trinajstić information content (AvgIpc) is 3.33. The van der Waals surface area contributed by atoms with Gasteiger partial charge in [0, 0.05) is 30.9 Å². The van der Waals surface area contributed by atoms with Crippen LogP contribution in [0, 0.1) is 5.82 Å². The Labute approximate surface area is 205 Å². The molecule has 6 nitrogen and oxygen atoms in total. The molecule has 0 spiro atoms. The van der Waals surface area contributed by atoms with Crippen LogP contribution in [0.3, 0.4) is 0 Å². The Kier molecular flexibility index (Phi) is 7.14. The number of hydrogen-bond donors (Lipinski definition) is 1. The summed E-state index contributed by atoms with van der Waals surface area (Å²) in [5.74, 6) is -0.0391. The molecule has 2 aromatic heterocycles. The Morgan fingerprint density at radius 1 is 0.914 bits per heavy atom. The van der Waals surface area contributed by atoms with Gasteiger partial charge in [0.15, 0.2) is 0 Å². The van der Waals surface area contributed by atoms with E-state index in [2.05, 4.69) is 49.8 Å². The first kappa shape index (κ1) is 23.2. The Bertz CT molecular complexity index is 1230. The average molecular weight is 471 g/mol. The SMILES string of the molecule is Nc1nccc(-c2c(-c3ccc(F)cc3)ncn2C2CCN(CCCCc3ccccc3)CC2)n1. The molecule has 4 aromatic rings. The maximum absolute atomic E-state index is 13.5. The zero-order valence-corrected chi connectivity index (χ0v) is 19.9. The fraction of sp³-hybridized carbons (Fsp3) is 0.321. The second kappa shape index (κ2) is 10.8. The van der Waals surface area contributed by atoms with Gasteiger partial charge in [-0.2, -0.15) is 0 Å². The minimum absolute atomic E-state index is 0.227. The molecule has 5 rings (SSSR count). The highest BCUT2D eigenvalue weighted by Crippen LogP contribution is 2.35. The topological polar surface area (TPSA) is 72.9 Å². The zero-order chi connectivity index (χ0) is 24.0. The molecule has 0 atom stereocenters. The molecule has 1 aliphatic rings. The largest absolute Gasteiger partial charge is 0.368 e. The summed E-state index contributed by atoms with van der Waals surface area (Å²) in [6, 6.07) is 19.3. The third kappa shape index (κ3) is 5.57. The minimum Gasteiger partial charge on any atom is -0.368 e. The highest BCUT2D eigenvalue weighted by Gasteiger charge is 2.25. The number of benzene rings is 2. The van der Waals surface area contributed by atoms with Crippen LogP contribution >= 0.6 is 0 Å². The molecule has 0 amide bonds. The molecular weight excluding hydrogens is 439 g/mol. The van der Waals surface area contributed by atoms with E-state index in [9.17, 15) is 4.39 Å². The molecule has 1 aliphatic heterocycles. The van der Waals surface area contributed by atoms with Crippen LogP contribution in [0.5, 0.6) is 0 Å². The van der Waals surface area contributed by atoms with Gasteiger partial charge in [-0.1, -0.05) is 30.3 Å². The van der Waals surface area contributed by atoms with Crippen molar-refractivity contribution in [2.45, 2.75) is 38.1 Å². The van der Waals surface area contributed by atoms with Crippen molar-refractivity contribution in [2.24, 2.45) is 0 Å². The number of aryl methyl sites for hydroxylation is 1. The molecular formula is C28H31FN6. The van der Waals surface area contributed by atoms with Gasteiger partial charge in [-0.05, 0) is 74.5 Å². The van der Waals surface area contributed by atoms with Crippen molar-refractivity contribution in [1.82, 2.24) is 24.4 Å². The van der Waals surface area contributed by atoms with Gasteiger partial charge in [-0.15, -0.1) is 0 Å². The minimum atomic E-state index is -0.267. The lowest BCUT2D eigenvalue weighted by Gasteiger charge is -2.33. The molecule has 180 valence electrons. The van der Waals surface area contributed by atoms with E-state index in [1.54, 1.807) is 18.3 Å². The number of hydrogen-bond acceptors (Lipinski definition) is 5. The summed E-state index contributed by atoms with van der Waals surface area (Å²) in [5.41, 5.74) is 10.6. The molecule has 0 aliphatic carbocycles. The number of rotatable bonds is 8. The Morgan fingerprint density at radius 2 is 1.69 bits per heavy atom. The van der Waals surface area contributed by atoms with Crippen molar-refractivity contribution in [3.05, 3.63) is 84.6 Å². The van der Waals surface area contributed by atoms with Crippen molar-refractivity contribution < 1.29 is 4.39 Å². The van der Waals surface area contributed by atoms with E-state index < -0.39 is 0 Å². The van der Waals surface area contributed by atoms with E-state index in [0.29, 0.717) is 6.04 Å². The molecule has 0 saturated carbocycles. The maximum Gasteiger partial charge on any atom is 0.220 e. The number of nitrogens with zero attached hydrogens (tertiary/aromatic N) is 5. The van der Waals surface area contributed by atoms with Crippen LogP contribution in [0.1, 0.15) is 37.3 Å². The van der Waals surface area contributed by atoms with Crippen LogP contribution in [-0.2, 0) is 6.42 Å². The van der Waals surface area contributed by atoms with Gasteiger partial charge in [0.1, 0.15) is 5.82 Å². The van der Waals surface area contributed by atoms with Crippen molar-refractivity contribution in [3.63, 3.8) is 0 Å². The fourth-order valence-electron chi connectivity index (χ4n) is 4.95. The molecule has 7 heteroatoms. The first-order valence-corrected chi connectivity index (χ1v) is 12.4. The van der Waals surface area contributed by atoms with E-state index >= 15 is 0 Å². The van der Waals surface area contributed by atoms with Gasteiger partial charge in [0.25, 0.3) is 0 Å². The first-order chi connectivity index (χ1) is 17.2. The monoisotopic (exact) mass is 470 g/mol. The van der Waals surface area contributed by atoms with Crippen LogP contribution in [0.2, 0.25) is 0 Å². The van der Waals surface area contributed by atoms with Gasteiger partial charge < -0.3 is 15.2 Å². The lowest BCUT2D eigenvalue weighted by atomic mass is 10.0. The van der Waals surface area contributed by atoms with Crippen molar-refractivity contribution in [3.8, 4) is 22.6 Å². The molecule has 2 aromatic carbocycles. The van der Waals surface area contributed by atoms with Crippen molar-refractivity contribution in [2.75, 3.05) is 25.4 Å². The highest BCUT2D eigenvalue weighted by atomic mass is 19.1. The van der Waals surface area contributed by atoms with Crippen LogP contribution in [0.25, 0.3) is 22.6 Å². The summed E-state index contributed by atoms with van der Waals surface area (Å²) in [5, 5.41) is 0. The van der Waals surface area contributed by atoms with Gasteiger partial charge in [0.05, 0.1) is 23.4 Å². The zero-order valence-electron chi connectivity index (χ0n) is 19.9. The van der Waals surface area contributed by atoms with Crippen molar-refractivity contribution in [1.29, 1.82) is 0 Å². The Hall–Kier alpha value is -3.58. The van der Waals surface area contributed by atoms with Gasteiger partial charge in [-0.3, -0.25) is 0 Å². The molecule has 0 unspecified atom stereocenters. The fourth-order valence-corrected chi connectivity index (χ4v) is 4.95.